The zero-order valence-corrected chi connectivity index (χ0v) is 16.3. The Morgan fingerprint density at radius 1 is 1.38 bits per heavy atom. The van der Waals surface area contributed by atoms with Crippen molar-refractivity contribution in [3.05, 3.63) is 16.1 Å². The van der Waals surface area contributed by atoms with Gasteiger partial charge in [-0.3, -0.25) is 9.89 Å². The number of piperidine rings is 1. The Kier molecular flexibility index (Phi) is 8.53. The predicted octanol–water partition coefficient (Wildman–Crippen LogP) is 2.81. The molecule has 2 N–H and O–H groups in total. The minimum absolute atomic E-state index is 0.775. The summed E-state index contributed by atoms with van der Waals surface area (Å²) in [7, 11) is 1.84. The van der Waals surface area contributed by atoms with Crippen molar-refractivity contribution in [3.8, 4) is 0 Å². The first kappa shape index (κ1) is 19.2. The van der Waals surface area contributed by atoms with Crippen LogP contribution in [0.4, 0.5) is 0 Å². The number of guanidine groups is 1. The van der Waals surface area contributed by atoms with Gasteiger partial charge in [0, 0.05) is 50.2 Å². The van der Waals surface area contributed by atoms with Crippen molar-refractivity contribution >= 4 is 17.3 Å². The van der Waals surface area contributed by atoms with Gasteiger partial charge in [0.25, 0.3) is 0 Å². The van der Waals surface area contributed by atoms with Gasteiger partial charge in [-0.15, -0.1) is 11.3 Å². The fraction of sp³-hybridized carbons (Fsp3) is 0.778. The molecule has 1 atom stereocenters. The van der Waals surface area contributed by atoms with E-state index in [9.17, 15) is 0 Å². The molecule has 1 aliphatic rings. The second-order valence-corrected chi connectivity index (χ2v) is 7.45. The van der Waals surface area contributed by atoms with Crippen LogP contribution in [-0.2, 0) is 6.42 Å². The Morgan fingerprint density at radius 3 is 2.92 bits per heavy atom. The van der Waals surface area contributed by atoms with Gasteiger partial charge in [-0.05, 0) is 39.2 Å². The van der Waals surface area contributed by atoms with Gasteiger partial charge in [-0.1, -0.05) is 13.3 Å². The molecule has 24 heavy (non-hydrogen) atoms. The molecule has 0 saturated carbocycles. The lowest BCUT2D eigenvalue weighted by Crippen LogP contribution is -2.46. The zero-order chi connectivity index (χ0) is 17.2. The van der Waals surface area contributed by atoms with Crippen LogP contribution in [0.15, 0.2) is 10.4 Å². The number of hydrogen-bond donors (Lipinski definition) is 2. The van der Waals surface area contributed by atoms with E-state index in [1.54, 1.807) is 11.3 Å². The molecule has 0 radical (unpaired) electrons. The third-order valence-electron chi connectivity index (χ3n) is 4.66. The van der Waals surface area contributed by atoms with Crippen LogP contribution < -0.4 is 10.6 Å². The van der Waals surface area contributed by atoms with E-state index in [2.05, 4.69) is 44.7 Å². The smallest absolute Gasteiger partial charge is 0.191 e. The van der Waals surface area contributed by atoms with Crippen LogP contribution in [-0.4, -0.2) is 55.1 Å². The standard InChI is InChI=1S/C18H33N5S/c1-4-16-8-5-6-12-23(16)13-11-21-18(19-3)20-10-7-9-17-22-15(2)14-24-17/h14,16H,4-13H2,1-3H3,(H2,19,20,21). The average molecular weight is 352 g/mol. The maximum atomic E-state index is 4.50. The highest BCUT2D eigenvalue weighted by Crippen LogP contribution is 2.18. The quantitative estimate of drug-likeness (QED) is 0.430. The summed E-state index contributed by atoms with van der Waals surface area (Å²) in [4.78, 5) is 11.5. The highest BCUT2D eigenvalue weighted by atomic mass is 32.1. The van der Waals surface area contributed by atoms with E-state index < -0.39 is 0 Å². The third kappa shape index (κ3) is 6.40. The van der Waals surface area contributed by atoms with Gasteiger partial charge in [0.15, 0.2) is 5.96 Å². The summed E-state index contributed by atoms with van der Waals surface area (Å²) in [6, 6.07) is 0.775. The lowest BCUT2D eigenvalue weighted by Gasteiger charge is -2.35. The molecule has 0 aliphatic carbocycles. The molecule has 136 valence electrons. The van der Waals surface area contributed by atoms with E-state index in [0.717, 1.165) is 50.2 Å². The molecule has 6 heteroatoms. The fourth-order valence-electron chi connectivity index (χ4n) is 3.32. The molecule has 5 nitrogen and oxygen atoms in total. The van der Waals surface area contributed by atoms with Crippen molar-refractivity contribution in [2.75, 3.05) is 33.2 Å². The minimum atomic E-state index is 0.775. The maximum absolute atomic E-state index is 4.50. The van der Waals surface area contributed by atoms with Gasteiger partial charge in [-0.25, -0.2) is 4.98 Å². The number of likely N-dealkylation sites (tertiary alicyclic amines) is 1. The van der Waals surface area contributed by atoms with Gasteiger partial charge < -0.3 is 10.6 Å². The van der Waals surface area contributed by atoms with Crippen molar-refractivity contribution in [1.29, 1.82) is 0 Å². The van der Waals surface area contributed by atoms with Gasteiger partial charge in [0.1, 0.15) is 0 Å². The highest BCUT2D eigenvalue weighted by Gasteiger charge is 2.19. The molecule has 1 saturated heterocycles. The molecule has 1 unspecified atom stereocenters. The van der Waals surface area contributed by atoms with Crippen LogP contribution in [0.3, 0.4) is 0 Å². The molecule has 0 amide bonds. The molecule has 2 rings (SSSR count). The Labute approximate surface area is 151 Å². The Bertz CT molecular complexity index is 499. The number of aryl methyl sites for hydroxylation is 2. The number of aromatic nitrogens is 1. The summed E-state index contributed by atoms with van der Waals surface area (Å²) in [6.07, 6.45) is 7.49. The molecule has 0 bridgehead atoms. The lowest BCUT2D eigenvalue weighted by molar-refractivity contribution is 0.147. The molecule has 1 aromatic rings. The maximum Gasteiger partial charge on any atom is 0.191 e. The van der Waals surface area contributed by atoms with Crippen LogP contribution in [0.1, 0.15) is 49.7 Å². The minimum Gasteiger partial charge on any atom is -0.356 e. The van der Waals surface area contributed by atoms with Crippen molar-refractivity contribution in [1.82, 2.24) is 20.5 Å². The van der Waals surface area contributed by atoms with Crippen LogP contribution in [0.5, 0.6) is 0 Å². The van der Waals surface area contributed by atoms with Crippen molar-refractivity contribution < 1.29 is 0 Å². The second kappa shape index (κ2) is 10.7. The second-order valence-electron chi connectivity index (χ2n) is 6.51. The molecule has 2 heterocycles. The summed E-state index contributed by atoms with van der Waals surface area (Å²) in [5.74, 6) is 0.912. The Hall–Kier alpha value is -1.14. The van der Waals surface area contributed by atoms with Crippen molar-refractivity contribution in [3.63, 3.8) is 0 Å². The van der Waals surface area contributed by atoms with E-state index in [-0.39, 0.29) is 0 Å². The Morgan fingerprint density at radius 2 is 2.21 bits per heavy atom. The topological polar surface area (TPSA) is 52.5 Å². The molecule has 1 aromatic heterocycles. The SMILES string of the molecule is CCC1CCCCN1CCNC(=NC)NCCCc1nc(C)cs1. The number of aliphatic imine (C=N–C) groups is 1. The largest absolute Gasteiger partial charge is 0.356 e. The molecular weight excluding hydrogens is 318 g/mol. The van der Waals surface area contributed by atoms with E-state index in [0.29, 0.717) is 0 Å². The number of rotatable bonds is 8. The van der Waals surface area contributed by atoms with Crippen LogP contribution in [0, 0.1) is 6.92 Å². The summed E-state index contributed by atoms with van der Waals surface area (Å²) >= 11 is 1.76. The summed E-state index contributed by atoms with van der Waals surface area (Å²) in [5, 5.41) is 10.2. The summed E-state index contributed by atoms with van der Waals surface area (Å²) in [6.45, 7) is 8.61. The van der Waals surface area contributed by atoms with Crippen LogP contribution >= 0.6 is 11.3 Å². The third-order valence-corrected chi connectivity index (χ3v) is 5.69. The molecule has 1 aliphatic heterocycles. The monoisotopic (exact) mass is 351 g/mol. The van der Waals surface area contributed by atoms with E-state index in [1.165, 1.54) is 37.2 Å². The average Bonchev–Trinajstić information content (AvgIpc) is 3.02. The van der Waals surface area contributed by atoms with Crippen molar-refractivity contribution in [2.45, 2.75) is 58.4 Å². The normalized spacial score (nSPS) is 19.5. The van der Waals surface area contributed by atoms with Crippen LogP contribution in [0.25, 0.3) is 0 Å². The first-order chi connectivity index (χ1) is 11.7. The number of nitrogens with one attached hydrogen (secondary N) is 2. The van der Waals surface area contributed by atoms with Gasteiger partial charge in [0.2, 0.25) is 0 Å². The predicted molar refractivity (Wildman–Crippen MR) is 104 cm³/mol. The van der Waals surface area contributed by atoms with E-state index >= 15 is 0 Å². The van der Waals surface area contributed by atoms with Crippen molar-refractivity contribution in [2.24, 2.45) is 4.99 Å². The van der Waals surface area contributed by atoms with Gasteiger partial charge >= 0.3 is 0 Å². The fourth-order valence-corrected chi connectivity index (χ4v) is 4.14. The zero-order valence-electron chi connectivity index (χ0n) is 15.5. The molecule has 0 spiro atoms. The highest BCUT2D eigenvalue weighted by molar-refractivity contribution is 7.09. The first-order valence-electron chi connectivity index (χ1n) is 9.32. The molecular formula is C18H33N5S. The van der Waals surface area contributed by atoms with E-state index in [4.69, 9.17) is 0 Å². The molecule has 1 fully saturated rings. The van der Waals surface area contributed by atoms with Crippen LogP contribution in [0.2, 0.25) is 0 Å². The summed E-state index contributed by atoms with van der Waals surface area (Å²) < 4.78 is 0. The Balaban J connectivity index is 1.60. The summed E-state index contributed by atoms with van der Waals surface area (Å²) in [5.41, 5.74) is 1.13. The number of thiazole rings is 1. The lowest BCUT2D eigenvalue weighted by atomic mass is 10.0. The first-order valence-corrected chi connectivity index (χ1v) is 10.2. The van der Waals surface area contributed by atoms with Gasteiger partial charge in [-0.2, -0.15) is 0 Å². The molecule has 0 aromatic carbocycles. The number of hydrogen-bond acceptors (Lipinski definition) is 4. The van der Waals surface area contributed by atoms with E-state index in [1.807, 2.05) is 7.05 Å². The van der Waals surface area contributed by atoms with Gasteiger partial charge in [0.05, 0.1) is 5.01 Å². The number of nitrogens with zero attached hydrogens (tertiary/aromatic N) is 3.